The van der Waals surface area contributed by atoms with Crippen LogP contribution in [0.3, 0.4) is 0 Å². The first kappa shape index (κ1) is 17.3. The van der Waals surface area contributed by atoms with Crippen LogP contribution < -0.4 is 4.74 Å². The van der Waals surface area contributed by atoms with Gasteiger partial charge in [0.1, 0.15) is 5.75 Å². The van der Waals surface area contributed by atoms with E-state index in [-0.39, 0.29) is 25.0 Å². The average molecular weight is 321 g/mol. The molecule has 1 N–H and O–H groups in total. The molecule has 2 rings (SSSR count). The highest BCUT2D eigenvalue weighted by Crippen LogP contribution is 2.17. The van der Waals surface area contributed by atoms with E-state index >= 15 is 0 Å². The van der Waals surface area contributed by atoms with Crippen LogP contribution in [-0.2, 0) is 20.7 Å². The first-order valence-electron chi connectivity index (χ1n) is 7.87. The minimum Gasteiger partial charge on any atom is -0.494 e. The maximum atomic E-state index is 12.4. The topological polar surface area (TPSA) is 76.1 Å². The molecule has 1 amide bonds. The molecule has 1 aliphatic rings. The monoisotopic (exact) mass is 321 g/mol. The minimum atomic E-state index is -1.04. The van der Waals surface area contributed by atoms with Crippen LogP contribution in [0.5, 0.6) is 5.75 Å². The summed E-state index contributed by atoms with van der Waals surface area (Å²) in [7, 11) is 0. The normalized spacial score (nSPS) is 21.0. The highest BCUT2D eigenvalue weighted by atomic mass is 16.5. The van der Waals surface area contributed by atoms with E-state index in [0.29, 0.717) is 13.2 Å². The zero-order valence-corrected chi connectivity index (χ0v) is 13.5. The number of morpholine rings is 1. The van der Waals surface area contributed by atoms with E-state index in [9.17, 15) is 9.59 Å². The predicted octanol–water partition coefficient (Wildman–Crippen LogP) is 1.72. The van der Waals surface area contributed by atoms with Crippen LogP contribution in [0.1, 0.15) is 25.8 Å². The predicted molar refractivity (Wildman–Crippen MR) is 84.5 cm³/mol. The van der Waals surface area contributed by atoms with Gasteiger partial charge in [0.2, 0.25) is 5.91 Å². The van der Waals surface area contributed by atoms with Crippen molar-refractivity contribution in [3.05, 3.63) is 29.8 Å². The molecule has 0 aliphatic carbocycles. The molecule has 0 radical (unpaired) electrons. The molecule has 6 nitrogen and oxygen atoms in total. The van der Waals surface area contributed by atoms with Gasteiger partial charge >= 0.3 is 5.97 Å². The van der Waals surface area contributed by atoms with Crippen LogP contribution in [0.15, 0.2) is 24.3 Å². The Morgan fingerprint density at radius 3 is 2.87 bits per heavy atom. The standard InChI is InChI=1S/C17H23NO5/c1-3-7-22-14-6-4-5-13(8-14)9-16(19)18-10-12(2)23-15(11-18)17(20)21/h4-6,8,12,15H,3,7,9-11H2,1-2H3,(H,20,21)/t12-,15?/m1/s1. The minimum absolute atomic E-state index is 0.0878. The number of benzene rings is 1. The van der Waals surface area contributed by atoms with Crippen LogP contribution in [0.25, 0.3) is 0 Å². The lowest BCUT2D eigenvalue weighted by atomic mass is 10.1. The van der Waals surface area contributed by atoms with Crippen LogP contribution >= 0.6 is 0 Å². The lowest BCUT2D eigenvalue weighted by molar-refractivity contribution is -0.166. The van der Waals surface area contributed by atoms with Crippen LogP contribution in [0.2, 0.25) is 0 Å². The largest absolute Gasteiger partial charge is 0.494 e. The number of hydrogen-bond donors (Lipinski definition) is 1. The number of ether oxygens (including phenoxy) is 2. The third-order valence-corrected chi connectivity index (χ3v) is 3.62. The zero-order valence-electron chi connectivity index (χ0n) is 13.5. The van der Waals surface area contributed by atoms with Gasteiger partial charge < -0.3 is 19.5 Å². The number of rotatable bonds is 6. The summed E-state index contributed by atoms with van der Waals surface area (Å²) in [6.45, 7) is 4.94. The van der Waals surface area contributed by atoms with Gasteiger partial charge in [-0.25, -0.2) is 4.79 Å². The summed E-state index contributed by atoms with van der Waals surface area (Å²) in [5.41, 5.74) is 0.856. The quantitative estimate of drug-likeness (QED) is 0.863. The van der Waals surface area contributed by atoms with Crippen molar-refractivity contribution < 1.29 is 24.2 Å². The fraction of sp³-hybridized carbons (Fsp3) is 0.529. The van der Waals surface area contributed by atoms with Crippen molar-refractivity contribution in [2.24, 2.45) is 0 Å². The number of hydrogen-bond acceptors (Lipinski definition) is 4. The van der Waals surface area contributed by atoms with Gasteiger partial charge in [0.25, 0.3) is 0 Å². The number of amides is 1. The lowest BCUT2D eigenvalue weighted by Crippen LogP contribution is -2.52. The number of carboxylic acids is 1. The van der Waals surface area contributed by atoms with Crippen molar-refractivity contribution in [1.82, 2.24) is 4.90 Å². The number of carboxylic acid groups (broad SMARTS) is 1. The number of carbonyl (C=O) groups is 2. The maximum absolute atomic E-state index is 12.4. The summed E-state index contributed by atoms with van der Waals surface area (Å²) in [6.07, 6.45) is -0.0942. The Morgan fingerprint density at radius 2 is 2.17 bits per heavy atom. The van der Waals surface area contributed by atoms with E-state index in [0.717, 1.165) is 17.7 Å². The molecule has 126 valence electrons. The van der Waals surface area contributed by atoms with E-state index in [1.54, 1.807) is 11.8 Å². The summed E-state index contributed by atoms with van der Waals surface area (Å²) in [5, 5.41) is 9.08. The Bertz CT molecular complexity index is 560. The number of nitrogens with zero attached hydrogens (tertiary/aromatic N) is 1. The zero-order chi connectivity index (χ0) is 16.8. The van der Waals surface area contributed by atoms with Gasteiger partial charge in [0, 0.05) is 6.54 Å². The molecule has 0 saturated carbocycles. The van der Waals surface area contributed by atoms with Gasteiger partial charge in [-0.1, -0.05) is 19.1 Å². The second-order valence-electron chi connectivity index (χ2n) is 5.74. The molecule has 6 heteroatoms. The third-order valence-electron chi connectivity index (χ3n) is 3.62. The van der Waals surface area contributed by atoms with Crippen molar-refractivity contribution in [2.45, 2.75) is 38.9 Å². The summed E-state index contributed by atoms with van der Waals surface area (Å²) in [6, 6.07) is 7.44. The fourth-order valence-corrected chi connectivity index (χ4v) is 2.54. The highest BCUT2D eigenvalue weighted by molar-refractivity contribution is 5.80. The van der Waals surface area contributed by atoms with E-state index in [4.69, 9.17) is 14.6 Å². The van der Waals surface area contributed by atoms with Crippen molar-refractivity contribution >= 4 is 11.9 Å². The number of carbonyl (C=O) groups excluding carboxylic acids is 1. The van der Waals surface area contributed by atoms with Crippen LogP contribution in [0.4, 0.5) is 0 Å². The van der Waals surface area contributed by atoms with Crippen LogP contribution in [0, 0.1) is 0 Å². The summed E-state index contributed by atoms with van der Waals surface area (Å²) in [5.74, 6) is -0.390. The van der Waals surface area contributed by atoms with Crippen molar-refractivity contribution in [3.8, 4) is 5.75 Å². The van der Waals surface area contributed by atoms with Crippen molar-refractivity contribution in [1.29, 1.82) is 0 Å². The molecular weight excluding hydrogens is 298 g/mol. The highest BCUT2D eigenvalue weighted by Gasteiger charge is 2.32. The molecule has 0 aromatic heterocycles. The van der Waals surface area contributed by atoms with Gasteiger partial charge in [0.15, 0.2) is 6.10 Å². The Hall–Kier alpha value is -2.08. The molecule has 1 heterocycles. The molecule has 1 aromatic carbocycles. The SMILES string of the molecule is CCCOc1cccc(CC(=O)N2CC(C(=O)O)O[C@H](C)C2)c1. The van der Waals surface area contributed by atoms with E-state index in [1.165, 1.54) is 0 Å². The molecule has 1 unspecified atom stereocenters. The molecular formula is C17H23NO5. The second-order valence-corrected chi connectivity index (χ2v) is 5.74. The first-order chi connectivity index (χ1) is 11.0. The van der Waals surface area contributed by atoms with Gasteiger partial charge in [-0.05, 0) is 31.0 Å². The van der Waals surface area contributed by atoms with Gasteiger partial charge in [0.05, 0.1) is 25.7 Å². The first-order valence-corrected chi connectivity index (χ1v) is 7.87. The smallest absolute Gasteiger partial charge is 0.334 e. The summed E-state index contributed by atoms with van der Waals surface area (Å²) < 4.78 is 10.9. The molecule has 1 aliphatic heterocycles. The van der Waals surface area contributed by atoms with E-state index in [1.807, 2.05) is 31.2 Å². The summed E-state index contributed by atoms with van der Waals surface area (Å²) in [4.78, 5) is 25.1. The Balaban J connectivity index is 1.99. The average Bonchev–Trinajstić information content (AvgIpc) is 2.52. The van der Waals surface area contributed by atoms with Crippen LogP contribution in [-0.4, -0.2) is 53.8 Å². The molecule has 0 bridgehead atoms. The lowest BCUT2D eigenvalue weighted by Gasteiger charge is -2.35. The van der Waals surface area contributed by atoms with Gasteiger partial charge in [-0.2, -0.15) is 0 Å². The van der Waals surface area contributed by atoms with Crippen molar-refractivity contribution in [3.63, 3.8) is 0 Å². The molecule has 23 heavy (non-hydrogen) atoms. The third kappa shape index (κ3) is 4.96. The Morgan fingerprint density at radius 1 is 1.39 bits per heavy atom. The molecule has 2 atom stereocenters. The second kappa shape index (κ2) is 7.97. The number of aliphatic carboxylic acids is 1. The maximum Gasteiger partial charge on any atom is 0.334 e. The molecule has 1 aromatic rings. The van der Waals surface area contributed by atoms with Crippen molar-refractivity contribution in [2.75, 3.05) is 19.7 Å². The Kier molecular flexibility index (Phi) is 5.98. The molecule has 0 spiro atoms. The van der Waals surface area contributed by atoms with E-state index in [2.05, 4.69) is 0 Å². The fourth-order valence-electron chi connectivity index (χ4n) is 2.54. The molecule has 1 saturated heterocycles. The summed E-state index contributed by atoms with van der Waals surface area (Å²) >= 11 is 0. The molecule has 1 fully saturated rings. The Labute approximate surface area is 136 Å². The van der Waals surface area contributed by atoms with Gasteiger partial charge in [-0.3, -0.25) is 4.79 Å². The van der Waals surface area contributed by atoms with Gasteiger partial charge in [-0.15, -0.1) is 0 Å². The van der Waals surface area contributed by atoms with E-state index < -0.39 is 12.1 Å².